The molecule has 2 aliphatic heterocycles. The second-order valence-corrected chi connectivity index (χ2v) is 7.90. The summed E-state index contributed by atoms with van der Waals surface area (Å²) in [6, 6.07) is 1.34. The lowest BCUT2D eigenvalue weighted by Gasteiger charge is -2.25. The lowest BCUT2D eigenvalue weighted by atomic mass is 10.1. The predicted octanol–water partition coefficient (Wildman–Crippen LogP) is -1.65. The van der Waals surface area contributed by atoms with E-state index in [9.17, 15) is 18.3 Å². The molecule has 9 nitrogen and oxygen atoms in total. The minimum Gasteiger partial charge on any atom is -0.391 e. The molecule has 0 radical (unpaired) electrons. The molecule has 4 N–H and O–H groups in total. The minimum absolute atomic E-state index is 0.0412. The number of nitrogens with zero attached hydrogens (tertiary/aromatic N) is 1. The van der Waals surface area contributed by atoms with Gasteiger partial charge in [0.25, 0.3) is 5.91 Å². The fourth-order valence-electron chi connectivity index (χ4n) is 2.84. The molecule has 134 valence electrons. The maximum absolute atomic E-state index is 12.5. The van der Waals surface area contributed by atoms with Crippen LogP contribution in [-0.4, -0.2) is 80.8 Å². The van der Waals surface area contributed by atoms with E-state index >= 15 is 0 Å². The first-order valence-electron chi connectivity index (χ1n) is 7.92. The Bertz CT molecular complexity index is 683. The fourth-order valence-corrected chi connectivity index (χ4v) is 4.24. The Morgan fingerprint density at radius 2 is 2.12 bits per heavy atom. The average molecular weight is 358 g/mol. The van der Waals surface area contributed by atoms with Crippen LogP contribution in [0, 0.1) is 5.92 Å². The monoisotopic (exact) mass is 358 g/mol. The summed E-state index contributed by atoms with van der Waals surface area (Å²) in [5, 5.41) is 15.5. The van der Waals surface area contributed by atoms with Gasteiger partial charge in [0.15, 0.2) is 0 Å². The minimum atomic E-state index is -3.62. The van der Waals surface area contributed by atoms with Crippen molar-refractivity contribution in [1.29, 1.82) is 0 Å². The molecule has 2 unspecified atom stereocenters. The number of hydrogen-bond donors (Lipinski definition) is 4. The third-order valence-corrected chi connectivity index (χ3v) is 6.21. The van der Waals surface area contributed by atoms with Gasteiger partial charge < -0.3 is 25.5 Å². The Morgan fingerprint density at radius 3 is 2.79 bits per heavy atom. The van der Waals surface area contributed by atoms with E-state index in [-0.39, 0.29) is 16.5 Å². The second-order valence-electron chi connectivity index (χ2n) is 5.96. The van der Waals surface area contributed by atoms with Crippen molar-refractivity contribution in [3.63, 3.8) is 0 Å². The van der Waals surface area contributed by atoms with Crippen molar-refractivity contribution < 1.29 is 23.1 Å². The van der Waals surface area contributed by atoms with E-state index in [1.807, 2.05) is 0 Å². The van der Waals surface area contributed by atoms with E-state index in [4.69, 9.17) is 4.74 Å². The van der Waals surface area contributed by atoms with Crippen molar-refractivity contribution in [3.8, 4) is 0 Å². The molecule has 24 heavy (non-hydrogen) atoms. The van der Waals surface area contributed by atoms with Gasteiger partial charge in [-0.05, 0) is 6.07 Å². The number of ether oxygens (including phenoxy) is 1. The van der Waals surface area contributed by atoms with E-state index in [1.165, 1.54) is 16.6 Å². The van der Waals surface area contributed by atoms with Gasteiger partial charge in [-0.25, -0.2) is 8.42 Å². The van der Waals surface area contributed by atoms with Gasteiger partial charge in [0.1, 0.15) is 10.6 Å². The number of carbonyl (C=O) groups is 1. The summed E-state index contributed by atoms with van der Waals surface area (Å²) in [4.78, 5) is 14.9. The molecule has 2 fully saturated rings. The molecule has 3 heterocycles. The third-order valence-electron chi connectivity index (χ3n) is 4.34. The number of aromatic amines is 1. The zero-order valence-electron chi connectivity index (χ0n) is 13.2. The van der Waals surface area contributed by atoms with Gasteiger partial charge in [0, 0.05) is 44.8 Å². The predicted molar refractivity (Wildman–Crippen MR) is 85.1 cm³/mol. The first-order valence-corrected chi connectivity index (χ1v) is 9.36. The molecule has 0 saturated carbocycles. The summed E-state index contributed by atoms with van der Waals surface area (Å²) in [7, 11) is -3.62. The van der Waals surface area contributed by atoms with E-state index in [0.717, 1.165) is 0 Å². The normalized spacial score (nSPS) is 25.7. The van der Waals surface area contributed by atoms with Crippen LogP contribution in [0.15, 0.2) is 17.2 Å². The van der Waals surface area contributed by atoms with Crippen LogP contribution in [0.3, 0.4) is 0 Å². The van der Waals surface area contributed by atoms with Crippen LogP contribution >= 0.6 is 0 Å². The van der Waals surface area contributed by atoms with Crippen LogP contribution in [0.2, 0.25) is 0 Å². The maximum Gasteiger partial charge on any atom is 0.267 e. The van der Waals surface area contributed by atoms with Crippen LogP contribution in [0.25, 0.3) is 0 Å². The molecule has 3 rings (SSSR count). The van der Waals surface area contributed by atoms with Crippen LogP contribution < -0.4 is 10.6 Å². The molecule has 0 aromatic carbocycles. The molecule has 2 saturated heterocycles. The second kappa shape index (κ2) is 7.19. The van der Waals surface area contributed by atoms with E-state index in [0.29, 0.717) is 45.9 Å². The molecule has 1 aromatic rings. The Morgan fingerprint density at radius 1 is 1.38 bits per heavy atom. The molecular weight excluding hydrogens is 336 g/mol. The van der Waals surface area contributed by atoms with Crippen LogP contribution in [0.5, 0.6) is 0 Å². The highest BCUT2D eigenvalue weighted by Crippen LogP contribution is 2.18. The quantitative estimate of drug-likeness (QED) is 0.500. The number of aliphatic hydroxyl groups is 1. The molecule has 0 spiro atoms. The highest BCUT2D eigenvalue weighted by Gasteiger charge is 2.29. The summed E-state index contributed by atoms with van der Waals surface area (Å²) < 4.78 is 31.5. The van der Waals surface area contributed by atoms with Crippen molar-refractivity contribution >= 4 is 15.9 Å². The number of amides is 1. The molecular formula is C14H22N4O5S. The lowest BCUT2D eigenvalue weighted by Crippen LogP contribution is -2.40. The van der Waals surface area contributed by atoms with E-state index < -0.39 is 22.0 Å². The Kier molecular flexibility index (Phi) is 5.21. The smallest absolute Gasteiger partial charge is 0.267 e. The van der Waals surface area contributed by atoms with Gasteiger partial charge in [-0.15, -0.1) is 0 Å². The van der Waals surface area contributed by atoms with Crippen LogP contribution in [-0.2, 0) is 14.8 Å². The highest BCUT2D eigenvalue weighted by atomic mass is 32.2. The number of carbonyl (C=O) groups excluding carboxylic acids is 1. The van der Waals surface area contributed by atoms with E-state index in [1.54, 1.807) is 0 Å². The van der Waals surface area contributed by atoms with Gasteiger partial charge >= 0.3 is 0 Å². The van der Waals surface area contributed by atoms with E-state index in [2.05, 4.69) is 15.6 Å². The summed E-state index contributed by atoms with van der Waals surface area (Å²) in [5.74, 6) is -0.432. The highest BCUT2D eigenvalue weighted by molar-refractivity contribution is 7.89. The van der Waals surface area contributed by atoms with Crippen molar-refractivity contribution in [2.75, 3.05) is 45.9 Å². The third kappa shape index (κ3) is 3.62. The number of aliphatic hydroxyl groups excluding tert-OH is 1. The average Bonchev–Trinajstić information content (AvgIpc) is 3.23. The number of β-amino-alcohol motifs (C(OH)–C–C–N with tert-alkyl or cyclic N) is 1. The molecule has 0 bridgehead atoms. The topological polar surface area (TPSA) is 124 Å². The Labute approximate surface area is 140 Å². The Balaban J connectivity index is 1.62. The maximum atomic E-state index is 12.5. The number of nitrogens with one attached hydrogen (secondary N) is 3. The van der Waals surface area contributed by atoms with Gasteiger partial charge in [-0.1, -0.05) is 0 Å². The summed E-state index contributed by atoms with van der Waals surface area (Å²) in [6.07, 6.45) is 0.845. The van der Waals surface area contributed by atoms with Crippen molar-refractivity contribution in [2.24, 2.45) is 5.92 Å². The van der Waals surface area contributed by atoms with Gasteiger partial charge in [0.05, 0.1) is 19.3 Å². The number of morpholine rings is 1. The van der Waals surface area contributed by atoms with Crippen molar-refractivity contribution in [3.05, 3.63) is 18.0 Å². The van der Waals surface area contributed by atoms with Crippen molar-refractivity contribution in [2.45, 2.75) is 11.0 Å². The molecule has 1 aromatic heterocycles. The van der Waals surface area contributed by atoms with Gasteiger partial charge in [-0.3, -0.25) is 4.79 Å². The Hall–Kier alpha value is -1.46. The standard InChI is InChI=1S/C14H22N4O5S/c19-13-9-15-6-10(13)7-17-14(20)12-5-11(8-16-12)24(21,22)18-1-3-23-4-2-18/h5,8,10,13,15-16,19H,1-4,6-7,9H2,(H,17,20). The molecule has 2 atom stereocenters. The molecule has 2 aliphatic rings. The fraction of sp³-hybridized carbons (Fsp3) is 0.643. The summed E-state index contributed by atoms with van der Waals surface area (Å²) >= 11 is 0. The van der Waals surface area contributed by atoms with Gasteiger partial charge in [-0.2, -0.15) is 4.31 Å². The number of aromatic nitrogens is 1. The largest absolute Gasteiger partial charge is 0.391 e. The van der Waals surface area contributed by atoms with Gasteiger partial charge in [0.2, 0.25) is 10.0 Å². The zero-order chi connectivity index (χ0) is 17.2. The lowest BCUT2D eigenvalue weighted by molar-refractivity contribution is 0.0730. The molecule has 0 aliphatic carbocycles. The summed E-state index contributed by atoms with van der Waals surface area (Å²) in [6.45, 7) is 2.85. The summed E-state index contributed by atoms with van der Waals surface area (Å²) in [5.41, 5.74) is 0.183. The molecule has 1 amide bonds. The van der Waals surface area contributed by atoms with Crippen LogP contribution in [0.1, 0.15) is 10.5 Å². The number of sulfonamides is 1. The zero-order valence-corrected chi connectivity index (χ0v) is 14.0. The SMILES string of the molecule is O=C(NCC1CNCC1O)c1cc(S(=O)(=O)N2CCOCC2)c[nH]1. The number of rotatable bonds is 5. The number of H-pyrrole nitrogens is 1. The number of hydrogen-bond acceptors (Lipinski definition) is 6. The van der Waals surface area contributed by atoms with Crippen molar-refractivity contribution in [1.82, 2.24) is 19.9 Å². The van der Waals surface area contributed by atoms with Crippen LogP contribution in [0.4, 0.5) is 0 Å². The molecule has 10 heteroatoms. The first kappa shape index (κ1) is 17.4. The first-order chi connectivity index (χ1) is 11.5.